The second kappa shape index (κ2) is 6.00. The molecule has 20 heavy (non-hydrogen) atoms. The Hall–Kier alpha value is -1.95. The summed E-state index contributed by atoms with van der Waals surface area (Å²) >= 11 is 1.40. The van der Waals surface area contributed by atoms with Gasteiger partial charge in [0.05, 0.1) is 0 Å². The Morgan fingerprint density at radius 1 is 1.25 bits per heavy atom. The second-order valence-corrected chi connectivity index (χ2v) is 5.48. The molecule has 1 fully saturated rings. The van der Waals surface area contributed by atoms with E-state index in [0.717, 1.165) is 31.5 Å². The van der Waals surface area contributed by atoms with Crippen molar-refractivity contribution in [1.82, 2.24) is 15.1 Å². The van der Waals surface area contributed by atoms with E-state index in [4.69, 9.17) is 4.74 Å². The van der Waals surface area contributed by atoms with E-state index in [2.05, 4.69) is 10.2 Å². The molecule has 5 nitrogen and oxygen atoms in total. The van der Waals surface area contributed by atoms with Crippen molar-refractivity contribution < 1.29 is 9.53 Å². The van der Waals surface area contributed by atoms with Crippen molar-refractivity contribution in [3.05, 3.63) is 41.4 Å². The van der Waals surface area contributed by atoms with Crippen LogP contribution in [0.4, 0.5) is 0 Å². The van der Waals surface area contributed by atoms with E-state index in [-0.39, 0.29) is 12.0 Å². The number of aromatic nitrogens is 2. The third kappa shape index (κ3) is 2.96. The Balaban J connectivity index is 1.55. The Labute approximate surface area is 121 Å². The van der Waals surface area contributed by atoms with Crippen molar-refractivity contribution >= 4 is 17.2 Å². The molecule has 1 aromatic carbocycles. The van der Waals surface area contributed by atoms with Crippen LogP contribution in [-0.4, -0.2) is 40.2 Å². The smallest absolute Gasteiger partial charge is 0.294 e. The molecule has 2 heterocycles. The van der Waals surface area contributed by atoms with Crippen molar-refractivity contribution in [1.29, 1.82) is 0 Å². The Morgan fingerprint density at radius 3 is 2.65 bits per heavy atom. The highest BCUT2D eigenvalue weighted by Crippen LogP contribution is 2.20. The molecule has 1 aliphatic rings. The minimum absolute atomic E-state index is 0.0972. The Morgan fingerprint density at radius 2 is 2.00 bits per heavy atom. The number of ether oxygens (including phenoxy) is 1. The molecule has 1 aliphatic heterocycles. The maximum absolute atomic E-state index is 12.3. The van der Waals surface area contributed by atoms with Crippen LogP contribution in [-0.2, 0) is 0 Å². The number of hydrogen-bond acceptors (Lipinski definition) is 5. The van der Waals surface area contributed by atoms with E-state index in [1.807, 2.05) is 35.2 Å². The van der Waals surface area contributed by atoms with Crippen LogP contribution in [0.15, 0.2) is 35.8 Å². The molecule has 1 aromatic heterocycles. The summed E-state index contributed by atoms with van der Waals surface area (Å²) in [6.45, 7) is 1.44. The van der Waals surface area contributed by atoms with Gasteiger partial charge in [-0.05, 0) is 12.1 Å². The fraction of sp³-hybridized carbons (Fsp3) is 0.357. The largest absolute Gasteiger partial charge is 0.465 e. The molecule has 0 aliphatic carbocycles. The zero-order chi connectivity index (χ0) is 13.8. The van der Waals surface area contributed by atoms with Gasteiger partial charge in [-0.25, -0.2) is 0 Å². The van der Waals surface area contributed by atoms with Crippen molar-refractivity contribution in [2.24, 2.45) is 0 Å². The maximum Gasteiger partial charge on any atom is 0.294 e. The quantitative estimate of drug-likeness (QED) is 0.869. The molecule has 0 spiro atoms. The van der Waals surface area contributed by atoms with Gasteiger partial charge in [0, 0.05) is 31.5 Å². The van der Waals surface area contributed by atoms with Crippen LogP contribution in [0.25, 0.3) is 0 Å². The highest BCUT2D eigenvalue weighted by atomic mass is 32.1. The normalized spacial score (nSPS) is 16.1. The van der Waals surface area contributed by atoms with Gasteiger partial charge < -0.3 is 9.64 Å². The highest BCUT2D eigenvalue weighted by molar-refractivity contribution is 7.11. The van der Waals surface area contributed by atoms with Crippen LogP contribution in [0.3, 0.4) is 0 Å². The summed E-state index contributed by atoms with van der Waals surface area (Å²) in [7, 11) is 0. The number of piperidine rings is 1. The average Bonchev–Trinajstić information content (AvgIpc) is 3.01. The number of carbonyl (C=O) groups excluding carboxylic acids is 1. The standard InChI is InChI=1S/C14H15N3O2S/c18-13(11-4-2-1-3-5-11)17-8-6-12(7-9-17)19-14-16-15-10-20-14/h1-5,10,12H,6-9H2. The lowest BCUT2D eigenvalue weighted by Gasteiger charge is -2.31. The van der Waals surface area contributed by atoms with E-state index >= 15 is 0 Å². The maximum atomic E-state index is 12.3. The highest BCUT2D eigenvalue weighted by Gasteiger charge is 2.25. The van der Waals surface area contributed by atoms with E-state index in [1.54, 1.807) is 5.51 Å². The molecule has 0 radical (unpaired) electrons. The van der Waals surface area contributed by atoms with E-state index in [9.17, 15) is 4.79 Å². The van der Waals surface area contributed by atoms with Crippen LogP contribution >= 0.6 is 11.3 Å². The molecular formula is C14H15N3O2S. The van der Waals surface area contributed by atoms with Crippen molar-refractivity contribution in [2.45, 2.75) is 18.9 Å². The summed E-state index contributed by atoms with van der Waals surface area (Å²) in [5.41, 5.74) is 2.40. The zero-order valence-electron chi connectivity index (χ0n) is 10.9. The van der Waals surface area contributed by atoms with Gasteiger partial charge in [-0.1, -0.05) is 29.5 Å². The number of rotatable bonds is 3. The van der Waals surface area contributed by atoms with Crippen LogP contribution < -0.4 is 4.74 Å². The zero-order valence-corrected chi connectivity index (χ0v) is 11.8. The lowest BCUT2D eigenvalue weighted by atomic mass is 10.1. The second-order valence-electron chi connectivity index (χ2n) is 4.68. The number of likely N-dealkylation sites (tertiary alicyclic amines) is 1. The predicted octanol–water partition coefficient (Wildman–Crippen LogP) is 2.22. The lowest BCUT2D eigenvalue weighted by Crippen LogP contribution is -2.41. The summed E-state index contributed by atoms with van der Waals surface area (Å²) in [5.74, 6) is 0.0972. The van der Waals surface area contributed by atoms with Gasteiger partial charge in [0.25, 0.3) is 11.1 Å². The monoisotopic (exact) mass is 289 g/mol. The average molecular weight is 289 g/mol. The van der Waals surface area contributed by atoms with E-state index < -0.39 is 0 Å². The van der Waals surface area contributed by atoms with Gasteiger partial charge in [-0.2, -0.15) is 0 Å². The SMILES string of the molecule is O=C(c1ccccc1)N1CCC(Oc2nncs2)CC1. The van der Waals surface area contributed by atoms with Gasteiger partial charge in [0.2, 0.25) is 0 Å². The summed E-state index contributed by atoms with van der Waals surface area (Å²) in [6.07, 6.45) is 1.79. The molecule has 0 unspecified atom stereocenters. The first kappa shape index (κ1) is 13.1. The molecule has 104 valence electrons. The summed E-state index contributed by atoms with van der Waals surface area (Å²) in [5, 5.41) is 8.24. The van der Waals surface area contributed by atoms with Gasteiger partial charge in [0.15, 0.2) is 0 Å². The van der Waals surface area contributed by atoms with Crippen molar-refractivity contribution in [2.75, 3.05) is 13.1 Å². The first-order valence-electron chi connectivity index (χ1n) is 6.60. The number of hydrogen-bond donors (Lipinski definition) is 0. The minimum atomic E-state index is 0.0972. The Bertz CT molecular complexity index is 551. The third-order valence-corrected chi connectivity index (χ3v) is 3.94. The number of amides is 1. The fourth-order valence-electron chi connectivity index (χ4n) is 2.30. The molecule has 3 rings (SSSR count). The minimum Gasteiger partial charge on any atom is -0.465 e. The number of nitrogens with zero attached hydrogens (tertiary/aromatic N) is 3. The first-order chi connectivity index (χ1) is 9.83. The molecule has 1 saturated heterocycles. The molecule has 0 N–H and O–H groups in total. The summed E-state index contributed by atoms with van der Waals surface area (Å²) < 4.78 is 5.74. The number of carbonyl (C=O) groups is 1. The van der Waals surface area contributed by atoms with Gasteiger partial charge in [-0.15, -0.1) is 10.2 Å². The topological polar surface area (TPSA) is 55.3 Å². The fourth-order valence-corrected chi connectivity index (χ4v) is 2.77. The van der Waals surface area contributed by atoms with Crippen LogP contribution in [0.2, 0.25) is 0 Å². The Kier molecular flexibility index (Phi) is 3.92. The van der Waals surface area contributed by atoms with E-state index in [1.165, 1.54) is 11.3 Å². The molecule has 0 bridgehead atoms. The lowest BCUT2D eigenvalue weighted by molar-refractivity contribution is 0.0594. The molecule has 0 saturated carbocycles. The first-order valence-corrected chi connectivity index (χ1v) is 7.48. The van der Waals surface area contributed by atoms with Crippen molar-refractivity contribution in [3.63, 3.8) is 0 Å². The summed E-state index contributed by atoms with van der Waals surface area (Å²) in [4.78, 5) is 14.2. The van der Waals surface area contributed by atoms with Gasteiger partial charge >= 0.3 is 0 Å². The molecular weight excluding hydrogens is 274 g/mol. The molecule has 2 aromatic rings. The molecule has 6 heteroatoms. The van der Waals surface area contributed by atoms with E-state index in [0.29, 0.717) is 5.19 Å². The van der Waals surface area contributed by atoms with Crippen LogP contribution in [0.5, 0.6) is 5.19 Å². The number of benzene rings is 1. The van der Waals surface area contributed by atoms with Crippen molar-refractivity contribution in [3.8, 4) is 5.19 Å². The molecule has 0 atom stereocenters. The van der Waals surface area contributed by atoms with Crippen LogP contribution in [0.1, 0.15) is 23.2 Å². The summed E-state index contributed by atoms with van der Waals surface area (Å²) in [6, 6.07) is 9.40. The predicted molar refractivity (Wildman–Crippen MR) is 75.9 cm³/mol. The molecule has 1 amide bonds. The van der Waals surface area contributed by atoms with Gasteiger partial charge in [0.1, 0.15) is 11.6 Å². The van der Waals surface area contributed by atoms with Crippen LogP contribution in [0, 0.1) is 0 Å². The van der Waals surface area contributed by atoms with Gasteiger partial charge in [-0.3, -0.25) is 4.79 Å². The third-order valence-electron chi connectivity index (χ3n) is 3.36.